The normalized spacial score (nSPS) is 21.0. The van der Waals surface area contributed by atoms with Crippen molar-refractivity contribution in [2.24, 2.45) is 5.92 Å². The first-order chi connectivity index (χ1) is 12.5. The molecule has 2 aliphatic rings. The Morgan fingerprint density at radius 3 is 2.46 bits per heavy atom. The third kappa shape index (κ3) is 3.80. The molecule has 142 valence electrons. The Hall–Kier alpha value is -1.44. The van der Waals surface area contributed by atoms with E-state index in [1.54, 1.807) is 4.31 Å². The van der Waals surface area contributed by atoms with Crippen molar-refractivity contribution >= 4 is 21.1 Å². The number of likely N-dealkylation sites (tertiary alicyclic amines) is 1. The molecule has 0 amide bonds. The van der Waals surface area contributed by atoms with Gasteiger partial charge in [0, 0.05) is 19.6 Å². The van der Waals surface area contributed by atoms with Gasteiger partial charge in [0.25, 0.3) is 0 Å². The van der Waals surface area contributed by atoms with Gasteiger partial charge in [0.1, 0.15) is 5.82 Å². The van der Waals surface area contributed by atoms with Crippen LogP contribution in [0.3, 0.4) is 0 Å². The van der Waals surface area contributed by atoms with Crippen molar-refractivity contribution in [1.29, 1.82) is 0 Å². The van der Waals surface area contributed by atoms with E-state index < -0.39 is 10.0 Å². The van der Waals surface area contributed by atoms with E-state index in [2.05, 4.69) is 27.7 Å². The maximum absolute atomic E-state index is 11.7. The number of fused-ring (bicyclic) bond motifs is 1. The highest BCUT2D eigenvalue weighted by atomic mass is 32.2. The molecule has 2 aromatic rings. The van der Waals surface area contributed by atoms with Crippen LogP contribution in [0.25, 0.3) is 11.0 Å². The number of aromatic nitrogens is 2. The molecular formula is C19H28N4O2S. The van der Waals surface area contributed by atoms with E-state index in [9.17, 15) is 8.42 Å². The zero-order valence-electron chi connectivity index (χ0n) is 15.5. The summed E-state index contributed by atoms with van der Waals surface area (Å²) in [5.41, 5.74) is 2.27. The lowest BCUT2D eigenvalue weighted by atomic mass is 9.98. The average Bonchev–Trinajstić information content (AvgIpc) is 3.24. The SMILES string of the molecule is CS(=O)(=O)N1CCC(Cn2c(CN3CCCC3)nc3ccccc32)CC1. The highest BCUT2D eigenvalue weighted by molar-refractivity contribution is 7.88. The largest absolute Gasteiger partial charge is 0.327 e. The Kier molecular flexibility index (Phi) is 5.03. The zero-order valence-corrected chi connectivity index (χ0v) is 16.3. The molecular weight excluding hydrogens is 348 g/mol. The van der Waals surface area contributed by atoms with Crippen molar-refractivity contribution in [2.75, 3.05) is 32.4 Å². The molecule has 1 aromatic heterocycles. The lowest BCUT2D eigenvalue weighted by molar-refractivity contribution is 0.249. The zero-order chi connectivity index (χ0) is 18.1. The number of nitrogens with zero attached hydrogens (tertiary/aromatic N) is 4. The van der Waals surface area contributed by atoms with Gasteiger partial charge in [-0.15, -0.1) is 0 Å². The molecule has 0 unspecified atom stereocenters. The average molecular weight is 377 g/mol. The van der Waals surface area contributed by atoms with Gasteiger partial charge in [0.15, 0.2) is 0 Å². The maximum Gasteiger partial charge on any atom is 0.211 e. The van der Waals surface area contributed by atoms with Crippen LogP contribution in [0.2, 0.25) is 0 Å². The van der Waals surface area contributed by atoms with E-state index in [1.807, 2.05) is 6.07 Å². The summed E-state index contributed by atoms with van der Waals surface area (Å²) in [6.07, 6.45) is 5.71. The summed E-state index contributed by atoms with van der Waals surface area (Å²) in [7, 11) is -3.06. The second kappa shape index (κ2) is 7.29. The number of piperidine rings is 1. The van der Waals surface area contributed by atoms with Crippen molar-refractivity contribution in [3.8, 4) is 0 Å². The van der Waals surface area contributed by atoms with Crippen LogP contribution in [0.5, 0.6) is 0 Å². The molecule has 2 fully saturated rings. The summed E-state index contributed by atoms with van der Waals surface area (Å²) in [6, 6.07) is 8.36. The Morgan fingerprint density at radius 1 is 1.08 bits per heavy atom. The van der Waals surface area contributed by atoms with Crippen LogP contribution in [0.15, 0.2) is 24.3 Å². The van der Waals surface area contributed by atoms with Crippen molar-refractivity contribution in [3.05, 3.63) is 30.1 Å². The minimum absolute atomic E-state index is 0.503. The van der Waals surface area contributed by atoms with Gasteiger partial charge < -0.3 is 4.57 Å². The molecule has 0 bridgehead atoms. The van der Waals surface area contributed by atoms with Crippen LogP contribution in [-0.4, -0.2) is 59.6 Å². The number of hydrogen-bond donors (Lipinski definition) is 0. The molecule has 6 nitrogen and oxygen atoms in total. The highest BCUT2D eigenvalue weighted by Crippen LogP contribution is 2.25. The van der Waals surface area contributed by atoms with Crippen LogP contribution in [0.4, 0.5) is 0 Å². The molecule has 26 heavy (non-hydrogen) atoms. The van der Waals surface area contributed by atoms with E-state index in [4.69, 9.17) is 4.98 Å². The van der Waals surface area contributed by atoms with E-state index >= 15 is 0 Å². The number of benzene rings is 1. The molecule has 2 aliphatic heterocycles. The van der Waals surface area contributed by atoms with Crippen LogP contribution in [0.1, 0.15) is 31.5 Å². The lowest BCUT2D eigenvalue weighted by Crippen LogP contribution is -2.38. The molecule has 0 N–H and O–H groups in total. The van der Waals surface area contributed by atoms with Gasteiger partial charge in [0.05, 0.1) is 23.8 Å². The summed E-state index contributed by atoms with van der Waals surface area (Å²) in [4.78, 5) is 7.40. The number of hydrogen-bond acceptors (Lipinski definition) is 4. The van der Waals surface area contributed by atoms with E-state index in [1.165, 1.54) is 24.6 Å². The molecule has 0 aliphatic carbocycles. The molecule has 2 saturated heterocycles. The topological polar surface area (TPSA) is 58.4 Å². The predicted octanol–water partition coefficient (Wildman–Crippen LogP) is 2.30. The summed E-state index contributed by atoms with van der Waals surface area (Å²) < 4.78 is 27.5. The van der Waals surface area contributed by atoms with Gasteiger partial charge in [0.2, 0.25) is 10.0 Å². The van der Waals surface area contributed by atoms with Gasteiger partial charge in [-0.05, 0) is 56.8 Å². The second-order valence-corrected chi connectivity index (χ2v) is 9.70. The van der Waals surface area contributed by atoms with Crippen LogP contribution in [0, 0.1) is 5.92 Å². The molecule has 7 heteroatoms. The maximum atomic E-state index is 11.7. The first kappa shape index (κ1) is 17.9. The summed E-state index contributed by atoms with van der Waals surface area (Å²) in [6.45, 7) is 5.44. The number of imidazole rings is 1. The smallest absolute Gasteiger partial charge is 0.211 e. The molecule has 0 atom stereocenters. The standard InChI is InChI=1S/C19H28N4O2S/c1-26(24,25)22-12-8-16(9-13-22)14-23-18-7-3-2-6-17(18)20-19(23)15-21-10-4-5-11-21/h2-3,6-7,16H,4-5,8-15H2,1H3. The third-order valence-electron chi connectivity index (χ3n) is 5.78. The second-order valence-electron chi connectivity index (χ2n) is 7.72. The monoisotopic (exact) mass is 376 g/mol. The summed E-state index contributed by atoms with van der Waals surface area (Å²) >= 11 is 0. The predicted molar refractivity (Wildman–Crippen MR) is 103 cm³/mol. The first-order valence-electron chi connectivity index (χ1n) is 9.62. The van der Waals surface area contributed by atoms with Crippen LogP contribution < -0.4 is 0 Å². The fourth-order valence-electron chi connectivity index (χ4n) is 4.27. The third-order valence-corrected chi connectivity index (χ3v) is 7.08. The summed E-state index contributed by atoms with van der Waals surface area (Å²) in [5.74, 6) is 1.65. The molecule has 0 saturated carbocycles. The molecule has 3 heterocycles. The summed E-state index contributed by atoms with van der Waals surface area (Å²) in [5, 5.41) is 0. The van der Waals surface area contributed by atoms with Crippen molar-refractivity contribution in [1.82, 2.24) is 18.8 Å². The Bertz CT molecular complexity index is 863. The number of rotatable bonds is 5. The molecule has 0 spiro atoms. The molecule has 4 rings (SSSR count). The minimum atomic E-state index is -3.06. The van der Waals surface area contributed by atoms with Crippen LogP contribution >= 0.6 is 0 Å². The van der Waals surface area contributed by atoms with E-state index in [-0.39, 0.29) is 0 Å². The van der Waals surface area contributed by atoms with Crippen molar-refractivity contribution in [2.45, 2.75) is 38.8 Å². The Morgan fingerprint density at radius 2 is 1.77 bits per heavy atom. The van der Waals surface area contributed by atoms with Crippen molar-refractivity contribution < 1.29 is 8.42 Å². The minimum Gasteiger partial charge on any atom is -0.327 e. The van der Waals surface area contributed by atoms with Crippen LogP contribution in [-0.2, 0) is 23.1 Å². The van der Waals surface area contributed by atoms with E-state index in [0.29, 0.717) is 19.0 Å². The fourth-order valence-corrected chi connectivity index (χ4v) is 5.15. The Labute approximate surface area is 155 Å². The quantitative estimate of drug-likeness (QED) is 0.803. The van der Waals surface area contributed by atoms with Gasteiger partial charge in [-0.3, -0.25) is 4.90 Å². The Balaban J connectivity index is 1.53. The van der Waals surface area contributed by atoms with Gasteiger partial charge in [-0.1, -0.05) is 12.1 Å². The number of para-hydroxylation sites is 2. The fraction of sp³-hybridized carbons (Fsp3) is 0.632. The van der Waals surface area contributed by atoms with Gasteiger partial charge in [-0.2, -0.15) is 0 Å². The molecule has 0 radical (unpaired) electrons. The van der Waals surface area contributed by atoms with Crippen molar-refractivity contribution in [3.63, 3.8) is 0 Å². The van der Waals surface area contributed by atoms with Gasteiger partial charge in [-0.25, -0.2) is 17.7 Å². The number of sulfonamides is 1. The van der Waals surface area contributed by atoms with Gasteiger partial charge >= 0.3 is 0 Å². The lowest BCUT2D eigenvalue weighted by Gasteiger charge is -2.31. The molecule has 1 aromatic carbocycles. The van der Waals surface area contributed by atoms with E-state index in [0.717, 1.165) is 50.4 Å². The highest BCUT2D eigenvalue weighted by Gasteiger charge is 2.26. The first-order valence-corrected chi connectivity index (χ1v) is 11.5.